The Kier molecular flexibility index (Phi) is 2.18. The third kappa shape index (κ3) is 1.41. The maximum absolute atomic E-state index is 9.22. The van der Waals surface area contributed by atoms with Crippen molar-refractivity contribution >= 4 is 15.9 Å². The van der Waals surface area contributed by atoms with E-state index in [2.05, 4.69) is 22.0 Å². The summed E-state index contributed by atoms with van der Waals surface area (Å²) in [5.41, 5.74) is 7.90. The van der Waals surface area contributed by atoms with Crippen LogP contribution in [0.5, 0.6) is 0 Å². The number of nitrogens with two attached hydrogens (primary N) is 1. The molecule has 0 heterocycles. The number of aryl methyl sites for hydroxylation is 1. The molecule has 0 radical (unpaired) electrons. The predicted molar refractivity (Wildman–Crippen MR) is 55.4 cm³/mol. The number of rotatable bonds is 1. The standard InChI is InChI=1S/C10H12BrNO/c11-8-2-1-7-3-4-10(12,6-13)9(7)5-8/h1-2,5,13H,3-4,6,12H2. The smallest absolute Gasteiger partial charge is 0.0653 e. The second-order valence-electron chi connectivity index (χ2n) is 3.62. The van der Waals surface area contributed by atoms with Crippen molar-refractivity contribution in [1.82, 2.24) is 0 Å². The molecular weight excluding hydrogens is 230 g/mol. The highest BCUT2D eigenvalue weighted by molar-refractivity contribution is 9.10. The van der Waals surface area contributed by atoms with Gasteiger partial charge in [-0.05, 0) is 36.1 Å². The van der Waals surface area contributed by atoms with Gasteiger partial charge in [0, 0.05) is 4.47 Å². The van der Waals surface area contributed by atoms with E-state index in [9.17, 15) is 5.11 Å². The molecule has 1 aliphatic rings. The molecule has 3 N–H and O–H groups in total. The van der Waals surface area contributed by atoms with E-state index in [-0.39, 0.29) is 6.61 Å². The Morgan fingerprint density at radius 3 is 3.00 bits per heavy atom. The van der Waals surface area contributed by atoms with Gasteiger partial charge in [-0.15, -0.1) is 0 Å². The minimum atomic E-state index is -0.515. The Balaban J connectivity index is 2.52. The molecule has 1 atom stereocenters. The number of benzene rings is 1. The lowest BCUT2D eigenvalue weighted by atomic mass is 9.94. The Morgan fingerprint density at radius 1 is 1.54 bits per heavy atom. The average Bonchev–Trinajstić information content (AvgIpc) is 2.45. The highest BCUT2D eigenvalue weighted by Gasteiger charge is 2.34. The molecule has 1 aromatic carbocycles. The topological polar surface area (TPSA) is 46.2 Å². The highest BCUT2D eigenvalue weighted by atomic mass is 79.9. The quantitative estimate of drug-likeness (QED) is 0.784. The van der Waals surface area contributed by atoms with Crippen LogP contribution in [0.15, 0.2) is 22.7 Å². The van der Waals surface area contributed by atoms with Crippen LogP contribution in [-0.2, 0) is 12.0 Å². The number of hydrogen-bond donors (Lipinski definition) is 2. The van der Waals surface area contributed by atoms with Gasteiger partial charge in [0.2, 0.25) is 0 Å². The third-order valence-electron chi connectivity index (χ3n) is 2.73. The van der Waals surface area contributed by atoms with Gasteiger partial charge in [0.15, 0.2) is 0 Å². The lowest BCUT2D eigenvalue weighted by molar-refractivity contribution is 0.197. The average molecular weight is 242 g/mol. The first-order valence-electron chi connectivity index (χ1n) is 4.34. The van der Waals surface area contributed by atoms with E-state index in [0.717, 1.165) is 22.9 Å². The maximum atomic E-state index is 9.22. The summed E-state index contributed by atoms with van der Waals surface area (Å²) in [7, 11) is 0. The fraction of sp³-hybridized carbons (Fsp3) is 0.400. The Bertz CT molecular complexity index is 340. The van der Waals surface area contributed by atoms with Gasteiger partial charge < -0.3 is 10.8 Å². The van der Waals surface area contributed by atoms with Crippen LogP contribution in [0.25, 0.3) is 0 Å². The molecule has 3 heteroatoms. The van der Waals surface area contributed by atoms with Crippen LogP contribution < -0.4 is 5.73 Å². The monoisotopic (exact) mass is 241 g/mol. The SMILES string of the molecule is NC1(CO)CCc2ccc(Br)cc21. The summed E-state index contributed by atoms with van der Waals surface area (Å²) in [6.45, 7) is 0.0243. The molecule has 0 spiro atoms. The van der Waals surface area contributed by atoms with E-state index >= 15 is 0 Å². The van der Waals surface area contributed by atoms with Crippen LogP contribution in [0.1, 0.15) is 17.5 Å². The Morgan fingerprint density at radius 2 is 2.31 bits per heavy atom. The van der Waals surface area contributed by atoms with Crippen molar-refractivity contribution in [3.63, 3.8) is 0 Å². The van der Waals surface area contributed by atoms with Crippen molar-refractivity contribution in [1.29, 1.82) is 0 Å². The summed E-state index contributed by atoms with van der Waals surface area (Å²) in [5, 5.41) is 9.22. The fourth-order valence-electron chi connectivity index (χ4n) is 1.89. The number of fused-ring (bicyclic) bond motifs is 1. The van der Waals surface area contributed by atoms with Gasteiger partial charge in [-0.2, -0.15) is 0 Å². The molecule has 0 bridgehead atoms. The van der Waals surface area contributed by atoms with Crippen LogP contribution in [0, 0.1) is 0 Å². The van der Waals surface area contributed by atoms with Gasteiger partial charge in [-0.3, -0.25) is 0 Å². The van der Waals surface area contributed by atoms with Crippen molar-refractivity contribution in [2.24, 2.45) is 5.73 Å². The second-order valence-corrected chi connectivity index (χ2v) is 4.53. The number of aliphatic hydroxyl groups excluding tert-OH is 1. The molecular formula is C10H12BrNO. The summed E-state index contributed by atoms with van der Waals surface area (Å²) in [6.07, 6.45) is 1.81. The molecule has 1 aliphatic carbocycles. The Hall–Kier alpha value is -0.380. The van der Waals surface area contributed by atoms with E-state index in [1.54, 1.807) is 0 Å². The number of aliphatic hydroxyl groups is 1. The zero-order valence-corrected chi connectivity index (χ0v) is 8.84. The highest BCUT2D eigenvalue weighted by Crippen LogP contribution is 2.35. The van der Waals surface area contributed by atoms with Gasteiger partial charge in [0.05, 0.1) is 12.1 Å². The normalized spacial score (nSPS) is 26.1. The van der Waals surface area contributed by atoms with Gasteiger partial charge in [0.25, 0.3) is 0 Å². The van der Waals surface area contributed by atoms with Gasteiger partial charge >= 0.3 is 0 Å². The van der Waals surface area contributed by atoms with E-state index in [1.807, 2.05) is 12.1 Å². The first-order chi connectivity index (χ1) is 6.15. The summed E-state index contributed by atoms with van der Waals surface area (Å²) < 4.78 is 1.02. The molecule has 2 nitrogen and oxygen atoms in total. The van der Waals surface area contributed by atoms with Gasteiger partial charge in [-0.25, -0.2) is 0 Å². The van der Waals surface area contributed by atoms with E-state index in [1.165, 1.54) is 5.56 Å². The fourth-order valence-corrected chi connectivity index (χ4v) is 2.25. The summed E-state index contributed by atoms with van der Waals surface area (Å²) in [5.74, 6) is 0. The van der Waals surface area contributed by atoms with Crippen LogP contribution >= 0.6 is 15.9 Å². The third-order valence-corrected chi connectivity index (χ3v) is 3.22. The number of hydrogen-bond acceptors (Lipinski definition) is 2. The molecule has 1 unspecified atom stereocenters. The van der Waals surface area contributed by atoms with Crippen molar-refractivity contribution in [2.75, 3.05) is 6.61 Å². The van der Waals surface area contributed by atoms with Crippen molar-refractivity contribution in [3.05, 3.63) is 33.8 Å². The molecule has 13 heavy (non-hydrogen) atoms. The molecule has 0 aliphatic heterocycles. The summed E-state index contributed by atoms with van der Waals surface area (Å²) in [4.78, 5) is 0. The molecule has 70 valence electrons. The van der Waals surface area contributed by atoms with E-state index in [0.29, 0.717) is 0 Å². The molecule has 0 aromatic heterocycles. The minimum absolute atomic E-state index is 0.0243. The first-order valence-corrected chi connectivity index (χ1v) is 5.14. The van der Waals surface area contributed by atoms with Crippen LogP contribution in [0.3, 0.4) is 0 Å². The molecule has 2 rings (SSSR count). The zero-order chi connectivity index (χ0) is 9.47. The second kappa shape index (κ2) is 3.08. The van der Waals surface area contributed by atoms with E-state index < -0.39 is 5.54 Å². The molecule has 0 fully saturated rings. The van der Waals surface area contributed by atoms with Crippen molar-refractivity contribution < 1.29 is 5.11 Å². The van der Waals surface area contributed by atoms with Crippen LogP contribution in [0.2, 0.25) is 0 Å². The largest absolute Gasteiger partial charge is 0.394 e. The van der Waals surface area contributed by atoms with Crippen molar-refractivity contribution in [3.8, 4) is 0 Å². The molecule has 1 aromatic rings. The maximum Gasteiger partial charge on any atom is 0.0653 e. The molecule has 0 amide bonds. The van der Waals surface area contributed by atoms with Gasteiger partial charge in [-0.1, -0.05) is 22.0 Å². The predicted octanol–water partition coefficient (Wildman–Crippen LogP) is 1.54. The number of halogens is 1. The van der Waals surface area contributed by atoms with Gasteiger partial charge in [0.1, 0.15) is 0 Å². The first kappa shape index (κ1) is 9.19. The van der Waals surface area contributed by atoms with Crippen LogP contribution in [-0.4, -0.2) is 11.7 Å². The molecule has 0 saturated heterocycles. The lowest BCUT2D eigenvalue weighted by Crippen LogP contribution is -2.37. The lowest BCUT2D eigenvalue weighted by Gasteiger charge is -2.22. The Labute approximate surface area is 85.9 Å². The van der Waals surface area contributed by atoms with Crippen LogP contribution in [0.4, 0.5) is 0 Å². The summed E-state index contributed by atoms with van der Waals surface area (Å²) in [6, 6.07) is 6.10. The zero-order valence-electron chi connectivity index (χ0n) is 7.26. The van der Waals surface area contributed by atoms with E-state index in [4.69, 9.17) is 5.73 Å². The van der Waals surface area contributed by atoms with Crippen molar-refractivity contribution in [2.45, 2.75) is 18.4 Å². The minimum Gasteiger partial charge on any atom is -0.394 e. The summed E-state index contributed by atoms with van der Waals surface area (Å²) >= 11 is 3.41. The molecule has 0 saturated carbocycles.